The third-order valence-corrected chi connectivity index (χ3v) is 3.50. The third kappa shape index (κ3) is 2.12. The number of aryl methyl sites for hydroxylation is 1. The Morgan fingerprint density at radius 3 is 2.78 bits per heavy atom. The van der Waals surface area contributed by atoms with Crippen LogP contribution in [0.4, 0.5) is 0 Å². The van der Waals surface area contributed by atoms with Crippen LogP contribution in [0.15, 0.2) is 48.5 Å². The first-order valence-corrected chi connectivity index (χ1v) is 6.34. The second-order valence-corrected chi connectivity index (χ2v) is 4.71. The van der Waals surface area contributed by atoms with Gasteiger partial charge >= 0.3 is 0 Å². The van der Waals surface area contributed by atoms with Gasteiger partial charge in [0.2, 0.25) is 0 Å². The first-order valence-electron chi connectivity index (χ1n) is 6.34. The number of para-hydroxylation sites is 1. The molecule has 1 N–H and O–H groups in total. The minimum Gasteiger partial charge on any atom is -0.491 e. The van der Waals surface area contributed by atoms with E-state index in [1.54, 1.807) is 0 Å². The zero-order chi connectivity index (χ0) is 12.4. The normalized spacial score (nSPS) is 17.3. The van der Waals surface area contributed by atoms with Gasteiger partial charge in [0.25, 0.3) is 0 Å². The van der Waals surface area contributed by atoms with E-state index < -0.39 is 0 Å². The second-order valence-electron chi connectivity index (χ2n) is 4.71. The van der Waals surface area contributed by atoms with Gasteiger partial charge in [-0.1, -0.05) is 42.5 Å². The van der Waals surface area contributed by atoms with Crippen molar-refractivity contribution in [3.63, 3.8) is 0 Å². The van der Waals surface area contributed by atoms with Gasteiger partial charge in [0.1, 0.15) is 12.4 Å². The Bertz CT molecular complexity index is 550. The number of rotatable bonds is 3. The topological polar surface area (TPSA) is 21.3 Å². The molecule has 0 radical (unpaired) electrons. The van der Waals surface area contributed by atoms with Crippen LogP contribution in [0.5, 0.6) is 5.75 Å². The smallest absolute Gasteiger partial charge is 0.124 e. The number of hydrogen-bond donors (Lipinski definition) is 1. The van der Waals surface area contributed by atoms with Crippen LogP contribution in [0, 0.1) is 6.92 Å². The van der Waals surface area contributed by atoms with E-state index in [0.717, 1.165) is 18.9 Å². The summed E-state index contributed by atoms with van der Waals surface area (Å²) >= 11 is 0. The van der Waals surface area contributed by atoms with E-state index in [1.165, 1.54) is 16.7 Å². The van der Waals surface area contributed by atoms with Crippen LogP contribution >= 0.6 is 0 Å². The molecule has 0 saturated heterocycles. The molecule has 0 aromatic heterocycles. The number of benzene rings is 2. The van der Waals surface area contributed by atoms with Gasteiger partial charge in [0.15, 0.2) is 0 Å². The van der Waals surface area contributed by atoms with Gasteiger partial charge in [-0.05, 0) is 24.1 Å². The highest BCUT2D eigenvalue weighted by atomic mass is 16.5. The fraction of sp³-hybridized carbons (Fsp3) is 0.250. The average molecular weight is 239 g/mol. The highest BCUT2D eigenvalue weighted by Crippen LogP contribution is 2.31. The summed E-state index contributed by atoms with van der Waals surface area (Å²) in [6.07, 6.45) is 0. The standard InChI is InChI=1S/C16H17NO/c1-12-6-2-3-7-13(12)10-17-15-11-18-16-9-5-4-8-14(15)16/h2-9,15,17H,10-11H2,1H3. The highest BCUT2D eigenvalue weighted by molar-refractivity contribution is 5.39. The summed E-state index contributed by atoms with van der Waals surface area (Å²) in [6.45, 7) is 3.76. The summed E-state index contributed by atoms with van der Waals surface area (Å²) < 4.78 is 5.67. The van der Waals surface area contributed by atoms with Crippen molar-refractivity contribution < 1.29 is 4.74 Å². The van der Waals surface area contributed by atoms with Crippen molar-refractivity contribution in [2.75, 3.05) is 6.61 Å². The lowest BCUT2D eigenvalue weighted by molar-refractivity contribution is 0.310. The Hall–Kier alpha value is -1.80. The largest absolute Gasteiger partial charge is 0.491 e. The van der Waals surface area contributed by atoms with Crippen LogP contribution in [0.1, 0.15) is 22.7 Å². The maximum Gasteiger partial charge on any atom is 0.124 e. The van der Waals surface area contributed by atoms with Crippen molar-refractivity contribution in [1.82, 2.24) is 5.32 Å². The molecular formula is C16H17NO. The molecule has 3 rings (SSSR count). The molecule has 2 aromatic rings. The molecule has 1 aliphatic rings. The summed E-state index contributed by atoms with van der Waals surface area (Å²) in [7, 11) is 0. The van der Waals surface area contributed by atoms with Gasteiger partial charge < -0.3 is 10.1 Å². The van der Waals surface area contributed by atoms with Crippen LogP contribution in [-0.4, -0.2) is 6.61 Å². The Morgan fingerprint density at radius 1 is 1.11 bits per heavy atom. The van der Waals surface area contributed by atoms with E-state index in [0.29, 0.717) is 6.04 Å². The van der Waals surface area contributed by atoms with Crippen molar-refractivity contribution in [3.8, 4) is 5.75 Å². The molecule has 2 heteroatoms. The molecule has 0 aliphatic carbocycles. The second kappa shape index (κ2) is 4.83. The van der Waals surface area contributed by atoms with Crippen LogP contribution in [0.2, 0.25) is 0 Å². The van der Waals surface area contributed by atoms with Crippen LogP contribution in [-0.2, 0) is 6.54 Å². The first-order chi connectivity index (χ1) is 8.84. The van der Waals surface area contributed by atoms with Crippen molar-refractivity contribution >= 4 is 0 Å². The fourth-order valence-electron chi connectivity index (χ4n) is 2.37. The Labute approximate surface area is 108 Å². The Kier molecular flexibility index (Phi) is 3.03. The van der Waals surface area contributed by atoms with Crippen LogP contribution < -0.4 is 10.1 Å². The summed E-state index contributed by atoms with van der Waals surface area (Å²) in [4.78, 5) is 0. The summed E-state index contributed by atoms with van der Waals surface area (Å²) in [5, 5.41) is 3.57. The predicted octanol–water partition coefficient (Wildman–Crippen LogP) is 3.22. The lowest BCUT2D eigenvalue weighted by atomic mass is 10.1. The molecule has 1 unspecified atom stereocenters. The molecule has 2 aromatic carbocycles. The number of nitrogens with one attached hydrogen (secondary N) is 1. The number of ether oxygens (including phenoxy) is 1. The SMILES string of the molecule is Cc1ccccc1CNC1COc2ccccc21. The van der Waals surface area contributed by atoms with Crippen LogP contribution in [0.25, 0.3) is 0 Å². The molecule has 18 heavy (non-hydrogen) atoms. The van der Waals surface area contributed by atoms with Crippen molar-refractivity contribution in [3.05, 3.63) is 65.2 Å². The minimum atomic E-state index is 0.306. The number of hydrogen-bond acceptors (Lipinski definition) is 2. The van der Waals surface area contributed by atoms with E-state index in [1.807, 2.05) is 12.1 Å². The predicted molar refractivity (Wildman–Crippen MR) is 72.7 cm³/mol. The number of fused-ring (bicyclic) bond motifs is 1. The van der Waals surface area contributed by atoms with E-state index in [2.05, 4.69) is 48.6 Å². The zero-order valence-electron chi connectivity index (χ0n) is 10.5. The highest BCUT2D eigenvalue weighted by Gasteiger charge is 2.22. The molecule has 0 amide bonds. The van der Waals surface area contributed by atoms with Gasteiger partial charge in [-0.15, -0.1) is 0 Å². The average Bonchev–Trinajstić information content (AvgIpc) is 2.81. The van der Waals surface area contributed by atoms with Crippen molar-refractivity contribution in [2.24, 2.45) is 0 Å². The maximum atomic E-state index is 5.67. The summed E-state index contributed by atoms with van der Waals surface area (Å²) in [6, 6.07) is 17.0. The lowest BCUT2D eigenvalue weighted by Gasteiger charge is -2.13. The molecule has 1 aliphatic heterocycles. The van der Waals surface area contributed by atoms with Gasteiger partial charge in [0, 0.05) is 12.1 Å². The van der Waals surface area contributed by atoms with E-state index in [4.69, 9.17) is 4.74 Å². The molecule has 2 nitrogen and oxygen atoms in total. The van der Waals surface area contributed by atoms with Crippen LogP contribution in [0.3, 0.4) is 0 Å². The van der Waals surface area contributed by atoms with Crippen molar-refractivity contribution in [1.29, 1.82) is 0 Å². The molecule has 1 heterocycles. The molecule has 0 fully saturated rings. The quantitative estimate of drug-likeness (QED) is 0.888. The molecule has 0 bridgehead atoms. The molecule has 0 saturated carbocycles. The van der Waals surface area contributed by atoms with E-state index in [9.17, 15) is 0 Å². The summed E-state index contributed by atoms with van der Waals surface area (Å²) in [5.41, 5.74) is 3.95. The monoisotopic (exact) mass is 239 g/mol. The maximum absolute atomic E-state index is 5.67. The first kappa shape index (κ1) is 11.3. The zero-order valence-corrected chi connectivity index (χ0v) is 10.5. The molecular weight excluding hydrogens is 222 g/mol. The van der Waals surface area contributed by atoms with Crippen molar-refractivity contribution in [2.45, 2.75) is 19.5 Å². The van der Waals surface area contributed by atoms with Gasteiger partial charge in [-0.3, -0.25) is 0 Å². The molecule has 1 atom stereocenters. The van der Waals surface area contributed by atoms with Gasteiger partial charge in [-0.2, -0.15) is 0 Å². The van der Waals surface area contributed by atoms with Gasteiger partial charge in [0.05, 0.1) is 6.04 Å². The van der Waals surface area contributed by atoms with E-state index in [-0.39, 0.29) is 0 Å². The van der Waals surface area contributed by atoms with Gasteiger partial charge in [-0.25, -0.2) is 0 Å². The molecule has 0 spiro atoms. The Balaban J connectivity index is 1.71. The summed E-state index contributed by atoms with van der Waals surface area (Å²) in [5.74, 6) is 1.01. The Morgan fingerprint density at radius 2 is 1.89 bits per heavy atom. The van der Waals surface area contributed by atoms with E-state index >= 15 is 0 Å². The fourth-order valence-corrected chi connectivity index (χ4v) is 2.37. The third-order valence-electron chi connectivity index (χ3n) is 3.50. The lowest BCUT2D eigenvalue weighted by Crippen LogP contribution is -2.22. The minimum absolute atomic E-state index is 0.306. The molecule has 92 valence electrons.